The third-order valence-electron chi connectivity index (χ3n) is 5.30. The van der Waals surface area contributed by atoms with E-state index >= 15 is 0 Å². The van der Waals surface area contributed by atoms with Crippen LogP contribution in [0.2, 0.25) is 0 Å². The van der Waals surface area contributed by atoms with E-state index in [1.54, 1.807) is 12.1 Å². The smallest absolute Gasteiger partial charge is 0.422 e. The van der Waals surface area contributed by atoms with Crippen LogP contribution < -0.4 is 20.5 Å². The Morgan fingerprint density at radius 1 is 1.11 bits per heavy atom. The summed E-state index contributed by atoms with van der Waals surface area (Å²) in [5, 5.41) is 3.05. The van der Waals surface area contributed by atoms with E-state index in [2.05, 4.69) is 5.32 Å². The molecule has 2 aliphatic carbocycles. The summed E-state index contributed by atoms with van der Waals surface area (Å²) in [6.45, 7) is -1.68. The number of para-hydroxylation sites is 2. The number of hydrogen-bond donors (Lipinski definition) is 2. The van der Waals surface area contributed by atoms with E-state index in [1.165, 1.54) is 12.1 Å². The van der Waals surface area contributed by atoms with Crippen molar-refractivity contribution in [3.63, 3.8) is 0 Å². The van der Waals surface area contributed by atoms with Crippen molar-refractivity contribution in [3.05, 3.63) is 24.3 Å². The van der Waals surface area contributed by atoms with Gasteiger partial charge >= 0.3 is 6.18 Å². The Kier molecular flexibility index (Phi) is 6.14. The van der Waals surface area contributed by atoms with Crippen molar-refractivity contribution in [2.75, 3.05) is 13.2 Å². The Labute approximate surface area is 156 Å². The molecule has 2 saturated carbocycles. The van der Waals surface area contributed by atoms with Crippen molar-refractivity contribution in [2.45, 2.75) is 50.4 Å². The lowest BCUT2D eigenvalue weighted by atomic mass is 9.67. The molecule has 1 amide bonds. The molecule has 2 atom stereocenters. The quantitative estimate of drug-likeness (QED) is 0.788. The van der Waals surface area contributed by atoms with Gasteiger partial charge in [-0.05, 0) is 49.7 Å². The molecule has 3 rings (SSSR count). The number of carbonyl (C=O) groups excluding carboxylic acids is 1. The van der Waals surface area contributed by atoms with Crippen LogP contribution >= 0.6 is 0 Å². The topological polar surface area (TPSA) is 73.6 Å². The van der Waals surface area contributed by atoms with Gasteiger partial charge in [-0.1, -0.05) is 18.6 Å². The Morgan fingerprint density at radius 3 is 2.30 bits per heavy atom. The molecule has 0 heterocycles. The maximum atomic E-state index is 12.3. The van der Waals surface area contributed by atoms with Crippen LogP contribution in [0, 0.1) is 11.8 Å². The maximum Gasteiger partial charge on any atom is 0.422 e. The van der Waals surface area contributed by atoms with Crippen LogP contribution in [-0.4, -0.2) is 37.4 Å². The van der Waals surface area contributed by atoms with Gasteiger partial charge in [-0.2, -0.15) is 13.2 Å². The van der Waals surface area contributed by atoms with Gasteiger partial charge in [-0.15, -0.1) is 0 Å². The highest BCUT2D eigenvalue weighted by Crippen LogP contribution is 2.39. The predicted molar refractivity (Wildman–Crippen MR) is 93.5 cm³/mol. The zero-order valence-electron chi connectivity index (χ0n) is 15.0. The lowest BCUT2D eigenvalue weighted by Gasteiger charge is -2.45. The van der Waals surface area contributed by atoms with E-state index in [-0.39, 0.29) is 36.1 Å². The van der Waals surface area contributed by atoms with Crippen LogP contribution in [0.1, 0.15) is 32.1 Å². The van der Waals surface area contributed by atoms with Crippen LogP contribution in [0.25, 0.3) is 0 Å². The minimum Gasteiger partial charge on any atom is -0.480 e. The average Bonchev–Trinajstić information content (AvgIpc) is 2.59. The fourth-order valence-electron chi connectivity index (χ4n) is 4.24. The highest BCUT2D eigenvalue weighted by Gasteiger charge is 2.39. The third-order valence-corrected chi connectivity index (χ3v) is 5.30. The molecule has 1 aromatic carbocycles. The minimum absolute atomic E-state index is 0.0388. The second-order valence-electron chi connectivity index (χ2n) is 7.42. The molecule has 0 aliphatic heterocycles. The highest BCUT2D eigenvalue weighted by atomic mass is 19.4. The van der Waals surface area contributed by atoms with Gasteiger partial charge in [0.15, 0.2) is 24.7 Å². The molecule has 150 valence electrons. The monoisotopic (exact) mass is 386 g/mol. The van der Waals surface area contributed by atoms with E-state index in [9.17, 15) is 18.0 Å². The fourth-order valence-corrected chi connectivity index (χ4v) is 4.24. The maximum absolute atomic E-state index is 12.3. The van der Waals surface area contributed by atoms with Crippen molar-refractivity contribution in [2.24, 2.45) is 17.6 Å². The number of amides is 1. The van der Waals surface area contributed by atoms with Gasteiger partial charge in [-0.25, -0.2) is 0 Å². The molecule has 0 aromatic heterocycles. The number of fused-ring (bicyclic) bond motifs is 2. The summed E-state index contributed by atoms with van der Waals surface area (Å²) in [6.07, 6.45) is 0.667. The number of ether oxygens (including phenoxy) is 2. The second-order valence-corrected chi connectivity index (χ2v) is 7.42. The summed E-state index contributed by atoms with van der Waals surface area (Å²) in [4.78, 5) is 12.3. The van der Waals surface area contributed by atoms with Crippen LogP contribution in [0.4, 0.5) is 13.2 Å². The number of halogens is 3. The zero-order chi connectivity index (χ0) is 19.4. The molecule has 8 heteroatoms. The predicted octanol–water partition coefficient (Wildman–Crippen LogP) is 3.03. The lowest BCUT2D eigenvalue weighted by Crippen LogP contribution is -2.54. The van der Waals surface area contributed by atoms with Crippen LogP contribution in [0.3, 0.4) is 0 Å². The van der Waals surface area contributed by atoms with Gasteiger partial charge in [0.05, 0.1) is 0 Å². The summed E-state index contributed by atoms with van der Waals surface area (Å²) >= 11 is 0. The highest BCUT2D eigenvalue weighted by molar-refractivity contribution is 5.78. The standard InChI is InChI=1S/C19H25F3N2O3/c20-19(21,22)11-27-16-7-2-1-6-15(16)26-10-17(25)24-18-12-4-3-5-13(18)9-14(23)8-12/h1-2,6-7,12-14,18H,3-5,8-11,23H2,(H,24,25). The van der Waals surface area contributed by atoms with E-state index in [4.69, 9.17) is 15.2 Å². The summed E-state index contributed by atoms with van der Waals surface area (Å²) in [6, 6.07) is 6.32. The molecule has 2 fully saturated rings. The zero-order valence-corrected chi connectivity index (χ0v) is 15.0. The van der Waals surface area contributed by atoms with Crippen molar-refractivity contribution in [1.82, 2.24) is 5.32 Å². The van der Waals surface area contributed by atoms with Gasteiger partial charge in [0.2, 0.25) is 0 Å². The normalized spacial score (nSPS) is 27.7. The van der Waals surface area contributed by atoms with E-state index in [1.807, 2.05) is 0 Å². The van der Waals surface area contributed by atoms with E-state index < -0.39 is 12.8 Å². The molecule has 0 spiro atoms. The average molecular weight is 386 g/mol. The summed E-state index contributed by atoms with van der Waals surface area (Å²) < 4.78 is 47.2. The number of benzene rings is 1. The Morgan fingerprint density at radius 2 is 1.70 bits per heavy atom. The first-order chi connectivity index (χ1) is 12.8. The first kappa shape index (κ1) is 19.8. The van der Waals surface area contributed by atoms with Gasteiger partial charge in [0.25, 0.3) is 5.91 Å². The molecule has 1 aromatic rings. The van der Waals surface area contributed by atoms with Crippen molar-refractivity contribution < 1.29 is 27.4 Å². The number of alkyl halides is 3. The van der Waals surface area contributed by atoms with E-state index in [0.29, 0.717) is 11.8 Å². The second kappa shape index (κ2) is 8.37. The molecular formula is C19H25F3N2O3. The van der Waals surface area contributed by atoms with Crippen molar-refractivity contribution in [1.29, 1.82) is 0 Å². The summed E-state index contributed by atoms with van der Waals surface area (Å²) in [5.74, 6) is 0.571. The van der Waals surface area contributed by atoms with Crippen LogP contribution in [0.5, 0.6) is 11.5 Å². The largest absolute Gasteiger partial charge is 0.480 e. The van der Waals surface area contributed by atoms with Crippen molar-refractivity contribution >= 4 is 5.91 Å². The molecule has 3 N–H and O–H groups in total. The number of rotatable bonds is 6. The Hall–Kier alpha value is -1.96. The Bertz CT molecular complexity index is 639. The Balaban J connectivity index is 1.54. The van der Waals surface area contributed by atoms with Gasteiger partial charge in [-0.3, -0.25) is 4.79 Å². The number of nitrogens with one attached hydrogen (secondary N) is 1. The molecule has 27 heavy (non-hydrogen) atoms. The third kappa shape index (κ3) is 5.51. The SMILES string of the molecule is NC1CC2CCCC(C1)C2NC(=O)COc1ccccc1OCC(F)(F)F. The van der Waals surface area contributed by atoms with Gasteiger partial charge in [0, 0.05) is 12.1 Å². The molecule has 2 unspecified atom stereocenters. The van der Waals surface area contributed by atoms with Crippen LogP contribution in [0.15, 0.2) is 24.3 Å². The molecule has 0 saturated heterocycles. The van der Waals surface area contributed by atoms with Crippen molar-refractivity contribution in [3.8, 4) is 11.5 Å². The lowest BCUT2D eigenvalue weighted by molar-refractivity contribution is -0.153. The van der Waals surface area contributed by atoms with E-state index in [0.717, 1.165) is 32.1 Å². The molecule has 5 nitrogen and oxygen atoms in total. The molecule has 2 bridgehead atoms. The number of carbonyl (C=O) groups is 1. The first-order valence-corrected chi connectivity index (χ1v) is 9.28. The molecule has 0 radical (unpaired) electrons. The summed E-state index contributed by atoms with van der Waals surface area (Å²) in [5.41, 5.74) is 6.10. The van der Waals surface area contributed by atoms with Gasteiger partial charge in [0.1, 0.15) is 0 Å². The van der Waals surface area contributed by atoms with Crippen LogP contribution in [-0.2, 0) is 4.79 Å². The first-order valence-electron chi connectivity index (χ1n) is 9.28. The minimum atomic E-state index is -4.44. The molecular weight excluding hydrogens is 361 g/mol. The fraction of sp³-hybridized carbons (Fsp3) is 0.632. The number of hydrogen-bond acceptors (Lipinski definition) is 4. The number of nitrogens with two attached hydrogens (primary N) is 1. The van der Waals surface area contributed by atoms with Gasteiger partial charge < -0.3 is 20.5 Å². The summed E-state index contributed by atoms with van der Waals surface area (Å²) in [7, 11) is 0. The molecule has 2 aliphatic rings.